The number of nitrogens with one attached hydrogen (secondary N) is 1. The molecule has 0 aliphatic heterocycles. The summed E-state index contributed by atoms with van der Waals surface area (Å²) in [5.41, 5.74) is 5.79. The van der Waals surface area contributed by atoms with Crippen LogP contribution in [0, 0.1) is 15.8 Å². The molecule has 0 radical (unpaired) electrons. The molecule has 0 saturated carbocycles. The van der Waals surface area contributed by atoms with Crippen LogP contribution in [0.4, 0.5) is 11.4 Å². The molecule has 0 atom stereocenters. The number of nitro groups is 1. The molecule has 0 fully saturated rings. The van der Waals surface area contributed by atoms with Crippen LogP contribution in [-0.4, -0.2) is 4.92 Å². The van der Waals surface area contributed by atoms with Crippen LogP contribution in [-0.2, 0) is 0 Å². The minimum absolute atomic E-state index is 0.0500. The van der Waals surface area contributed by atoms with Crippen molar-refractivity contribution in [2.75, 3.05) is 4.72 Å². The highest BCUT2D eigenvalue weighted by atomic mass is 32.1. The largest absolute Gasteiger partial charge is 0.305 e. The number of hydrogen-bond acceptors (Lipinski definition) is 3. The highest BCUT2D eigenvalue weighted by Crippen LogP contribution is 2.17. The van der Waals surface area contributed by atoms with Crippen molar-refractivity contribution in [1.29, 1.82) is 0 Å². The Labute approximate surface area is 73.1 Å². The summed E-state index contributed by atoms with van der Waals surface area (Å²) in [6, 6.07) is 6.13. The monoisotopic (exact) mass is 182 g/mol. The fourth-order valence-corrected chi connectivity index (χ4v) is 1.01. The molecule has 1 N–H and O–H groups in total. The van der Waals surface area contributed by atoms with Gasteiger partial charge in [0.05, 0.1) is 10.6 Å². The van der Waals surface area contributed by atoms with Crippen LogP contribution in [0.1, 0.15) is 0 Å². The lowest BCUT2D eigenvalue weighted by molar-refractivity contribution is -0.384. The van der Waals surface area contributed by atoms with E-state index in [2.05, 4.69) is 4.72 Å². The maximum Gasteiger partial charge on any atom is 0.271 e. The molecule has 0 spiro atoms. The van der Waals surface area contributed by atoms with E-state index in [9.17, 15) is 10.1 Å². The van der Waals surface area contributed by atoms with Crippen LogP contribution in [0.15, 0.2) is 24.3 Å². The minimum Gasteiger partial charge on any atom is -0.305 e. The SMILES string of the molecule is C#SNc1cccc([N+](=O)[O-])c1. The number of nitrogens with zero attached hydrogens (tertiary/aromatic N) is 1. The topological polar surface area (TPSA) is 55.2 Å². The summed E-state index contributed by atoms with van der Waals surface area (Å²) >= 11 is 0.903. The minimum atomic E-state index is -0.452. The van der Waals surface area contributed by atoms with Crippen molar-refractivity contribution in [2.45, 2.75) is 0 Å². The molecule has 12 heavy (non-hydrogen) atoms. The third kappa shape index (κ3) is 1.95. The van der Waals surface area contributed by atoms with Crippen molar-refractivity contribution in [3.05, 3.63) is 34.4 Å². The van der Waals surface area contributed by atoms with Gasteiger partial charge in [0.15, 0.2) is 0 Å². The van der Waals surface area contributed by atoms with Crippen molar-refractivity contribution < 1.29 is 4.92 Å². The van der Waals surface area contributed by atoms with Crippen molar-refractivity contribution in [3.63, 3.8) is 0 Å². The van der Waals surface area contributed by atoms with E-state index in [4.69, 9.17) is 5.69 Å². The van der Waals surface area contributed by atoms with Crippen molar-refractivity contribution >= 4 is 22.7 Å². The summed E-state index contributed by atoms with van der Waals surface area (Å²) in [6.45, 7) is 0. The summed E-state index contributed by atoms with van der Waals surface area (Å²) in [6.07, 6.45) is 0. The molecule has 1 aromatic carbocycles. The van der Waals surface area contributed by atoms with Gasteiger partial charge in [-0.15, -0.1) is 0 Å². The fourth-order valence-electron chi connectivity index (χ4n) is 0.751. The van der Waals surface area contributed by atoms with E-state index in [0.29, 0.717) is 5.69 Å². The summed E-state index contributed by atoms with van der Waals surface area (Å²) in [4.78, 5) is 9.85. The molecule has 0 aliphatic rings. The Morgan fingerprint density at radius 3 is 2.92 bits per heavy atom. The Hall–Kier alpha value is -1.58. The van der Waals surface area contributed by atoms with Gasteiger partial charge in [0.2, 0.25) is 0 Å². The maximum atomic E-state index is 10.3. The highest BCUT2D eigenvalue weighted by Gasteiger charge is 2.03. The van der Waals surface area contributed by atoms with Gasteiger partial charge in [-0.2, -0.15) is 0 Å². The molecule has 0 amide bonds. The number of non-ortho nitro benzene ring substituents is 1. The quantitative estimate of drug-likeness (QED) is 0.433. The highest BCUT2D eigenvalue weighted by molar-refractivity contribution is 7.89. The number of rotatable bonds is 2. The van der Waals surface area contributed by atoms with Crippen molar-refractivity contribution in [2.24, 2.45) is 0 Å². The first kappa shape index (κ1) is 8.52. The number of anilines is 1. The molecule has 1 aromatic rings. The lowest BCUT2D eigenvalue weighted by Gasteiger charge is -1.96. The number of benzene rings is 1. The van der Waals surface area contributed by atoms with Crippen molar-refractivity contribution in [1.82, 2.24) is 0 Å². The van der Waals surface area contributed by atoms with E-state index in [0.717, 1.165) is 11.4 Å². The van der Waals surface area contributed by atoms with Crippen LogP contribution in [0.5, 0.6) is 0 Å². The standard InChI is InChI=1S/C7H6N2O2S/c1-12-8-6-3-2-4-7(5-6)9(10)11/h1-5,8H. The van der Waals surface area contributed by atoms with Gasteiger partial charge in [0.1, 0.15) is 0 Å². The lowest BCUT2D eigenvalue weighted by atomic mass is 10.3. The lowest BCUT2D eigenvalue weighted by Crippen LogP contribution is -1.88. The second kappa shape index (κ2) is 3.71. The molecule has 62 valence electrons. The second-order valence-electron chi connectivity index (χ2n) is 2.03. The zero-order valence-electron chi connectivity index (χ0n) is 6.06. The first-order chi connectivity index (χ1) is 5.74. The van der Waals surface area contributed by atoms with E-state index in [1.54, 1.807) is 12.1 Å². The first-order valence-corrected chi connectivity index (χ1v) is 3.98. The molecule has 0 heterocycles. The number of hydrogen-bond donors (Lipinski definition) is 1. The molecular formula is C7H6N2O2S. The third-order valence-electron chi connectivity index (χ3n) is 1.23. The van der Waals surface area contributed by atoms with Crippen LogP contribution in [0.2, 0.25) is 0 Å². The summed E-state index contributed by atoms with van der Waals surface area (Å²) in [7, 11) is 0. The predicted molar refractivity (Wildman–Crippen MR) is 49.3 cm³/mol. The third-order valence-corrected chi connectivity index (χ3v) is 1.59. The molecule has 0 bridgehead atoms. The molecule has 5 heteroatoms. The molecule has 0 unspecified atom stereocenters. The predicted octanol–water partition coefficient (Wildman–Crippen LogP) is 2.24. The van der Waals surface area contributed by atoms with E-state index in [1.165, 1.54) is 12.1 Å². The Kier molecular flexibility index (Phi) is 2.63. The number of nitro benzene ring substituents is 1. The van der Waals surface area contributed by atoms with Crippen LogP contribution in [0.25, 0.3) is 0 Å². The van der Waals surface area contributed by atoms with Crippen LogP contribution < -0.4 is 4.72 Å². The van der Waals surface area contributed by atoms with Gasteiger partial charge in [0, 0.05) is 12.1 Å². The van der Waals surface area contributed by atoms with Gasteiger partial charge in [-0.1, -0.05) is 11.8 Å². The van der Waals surface area contributed by atoms with Gasteiger partial charge in [-0.05, 0) is 17.4 Å². The van der Waals surface area contributed by atoms with Gasteiger partial charge in [-0.25, -0.2) is 0 Å². The fraction of sp³-hybridized carbons (Fsp3) is 0. The van der Waals surface area contributed by atoms with E-state index < -0.39 is 4.92 Å². The summed E-state index contributed by atoms with van der Waals surface area (Å²) < 4.78 is 2.69. The average molecular weight is 182 g/mol. The Balaban J connectivity index is 2.97. The molecule has 4 nitrogen and oxygen atoms in total. The van der Waals surface area contributed by atoms with Gasteiger partial charge in [-0.3, -0.25) is 10.1 Å². The molecular weight excluding hydrogens is 176 g/mol. The Morgan fingerprint density at radius 2 is 2.33 bits per heavy atom. The second-order valence-corrected chi connectivity index (χ2v) is 2.47. The van der Waals surface area contributed by atoms with Gasteiger partial charge >= 0.3 is 0 Å². The Morgan fingerprint density at radius 1 is 1.58 bits per heavy atom. The van der Waals surface area contributed by atoms with Crippen LogP contribution >= 0.6 is 11.4 Å². The Bertz CT molecular complexity index is 346. The summed E-state index contributed by atoms with van der Waals surface area (Å²) in [5, 5.41) is 10.3. The average Bonchev–Trinajstić information content (AvgIpc) is 2.05. The first-order valence-electron chi connectivity index (χ1n) is 3.10. The summed E-state index contributed by atoms with van der Waals surface area (Å²) in [5.74, 6) is 0. The molecule has 0 aliphatic carbocycles. The maximum absolute atomic E-state index is 10.3. The van der Waals surface area contributed by atoms with E-state index in [-0.39, 0.29) is 5.69 Å². The molecule has 0 saturated heterocycles. The smallest absolute Gasteiger partial charge is 0.271 e. The molecule has 1 rings (SSSR count). The molecule has 0 aromatic heterocycles. The van der Waals surface area contributed by atoms with Gasteiger partial charge in [0.25, 0.3) is 5.69 Å². The van der Waals surface area contributed by atoms with E-state index >= 15 is 0 Å². The van der Waals surface area contributed by atoms with Gasteiger partial charge < -0.3 is 4.72 Å². The van der Waals surface area contributed by atoms with Crippen LogP contribution in [0.3, 0.4) is 0 Å². The normalized spacial score (nSPS) is 8.92. The van der Waals surface area contributed by atoms with E-state index in [1.807, 2.05) is 0 Å². The zero-order chi connectivity index (χ0) is 8.97. The van der Waals surface area contributed by atoms with Crippen molar-refractivity contribution in [3.8, 4) is 5.69 Å². The zero-order valence-corrected chi connectivity index (χ0v) is 6.88.